The average Bonchev–Trinajstić information content (AvgIpc) is 3.44. The quantitative estimate of drug-likeness (QED) is 0.541. The average molecular weight is 371 g/mol. The van der Waals surface area contributed by atoms with E-state index >= 15 is 0 Å². The van der Waals surface area contributed by atoms with E-state index in [4.69, 9.17) is 9.26 Å². The van der Waals surface area contributed by atoms with Gasteiger partial charge in [-0.15, -0.1) is 0 Å². The van der Waals surface area contributed by atoms with Crippen molar-refractivity contribution in [2.75, 3.05) is 6.54 Å². The number of nitrogens with zero attached hydrogens (tertiary/aromatic N) is 2. The van der Waals surface area contributed by atoms with Gasteiger partial charge in [0, 0.05) is 5.56 Å². The third-order valence-electron chi connectivity index (χ3n) is 5.12. The molecule has 1 N–H and O–H groups in total. The lowest BCUT2D eigenvalue weighted by Gasteiger charge is -2.08. The van der Waals surface area contributed by atoms with Crippen LogP contribution in [0.15, 0.2) is 71.3 Å². The summed E-state index contributed by atoms with van der Waals surface area (Å²) in [6.07, 6.45) is 2.19. The van der Waals surface area contributed by atoms with Gasteiger partial charge in [-0.05, 0) is 53.9 Å². The predicted octanol–water partition coefficient (Wildman–Crippen LogP) is 4.89. The molecular formula is C23H21N3O2. The maximum atomic E-state index is 5.93. The van der Waals surface area contributed by atoms with Crippen molar-refractivity contribution < 1.29 is 9.26 Å². The number of benzene rings is 3. The van der Waals surface area contributed by atoms with E-state index in [0.717, 1.165) is 47.0 Å². The first-order valence-electron chi connectivity index (χ1n) is 9.63. The molecule has 5 heteroatoms. The minimum absolute atomic E-state index is 0.186. The van der Waals surface area contributed by atoms with Crippen molar-refractivity contribution in [2.24, 2.45) is 0 Å². The summed E-state index contributed by atoms with van der Waals surface area (Å²) in [5, 5.41) is 9.80. The van der Waals surface area contributed by atoms with E-state index in [0.29, 0.717) is 18.3 Å². The van der Waals surface area contributed by atoms with Crippen molar-refractivity contribution in [3.63, 3.8) is 0 Å². The number of aromatic nitrogens is 2. The summed E-state index contributed by atoms with van der Waals surface area (Å²) < 4.78 is 11.4. The standard InChI is InChI=1S/C23H21N3O2/c1-2-5-16(6-3-1)15-27-20-11-10-17-13-19(9-8-18(17)14-20)22-25-23(28-26-22)21-7-4-12-24-21/h1-3,5-6,8-11,13-14,21,24H,4,7,12,15H2. The molecule has 1 atom stereocenters. The molecule has 1 aliphatic heterocycles. The fourth-order valence-electron chi connectivity index (χ4n) is 3.58. The molecule has 0 bridgehead atoms. The summed E-state index contributed by atoms with van der Waals surface area (Å²) >= 11 is 0. The summed E-state index contributed by atoms with van der Waals surface area (Å²) in [4.78, 5) is 4.58. The molecule has 1 saturated heterocycles. The molecule has 1 aliphatic rings. The maximum Gasteiger partial charge on any atom is 0.244 e. The van der Waals surface area contributed by atoms with Gasteiger partial charge in [-0.1, -0.05) is 53.7 Å². The van der Waals surface area contributed by atoms with Crippen molar-refractivity contribution >= 4 is 10.8 Å². The Hall–Kier alpha value is -3.18. The summed E-state index contributed by atoms with van der Waals surface area (Å²) in [5.41, 5.74) is 2.11. The fraction of sp³-hybridized carbons (Fsp3) is 0.217. The van der Waals surface area contributed by atoms with Crippen LogP contribution < -0.4 is 10.1 Å². The number of ether oxygens (including phenoxy) is 1. The minimum Gasteiger partial charge on any atom is -0.489 e. The first-order chi connectivity index (χ1) is 13.8. The van der Waals surface area contributed by atoms with Crippen LogP contribution >= 0.6 is 0 Å². The molecule has 0 radical (unpaired) electrons. The molecule has 0 saturated carbocycles. The third-order valence-corrected chi connectivity index (χ3v) is 5.12. The third kappa shape index (κ3) is 3.49. The molecule has 28 heavy (non-hydrogen) atoms. The van der Waals surface area contributed by atoms with Gasteiger partial charge in [0.15, 0.2) is 0 Å². The summed E-state index contributed by atoms with van der Waals surface area (Å²) in [7, 11) is 0. The second kappa shape index (κ2) is 7.44. The van der Waals surface area contributed by atoms with Gasteiger partial charge < -0.3 is 14.6 Å². The summed E-state index contributed by atoms with van der Waals surface area (Å²) in [5.74, 6) is 2.17. The van der Waals surface area contributed by atoms with E-state index in [2.05, 4.69) is 51.9 Å². The van der Waals surface area contributed by atoms with Gasteiger partial charge in [0.05, 0.1) is 6.04 Å². The normalized spacial score (nSPS) is 16.5. The molecule has 1 fully saturated rings. The Morgan fingerprint density at radius 1 is 1.00 bits per heavy atom. The van der Waals surface area contributed by atoms with Crippen LogP contribution in [-0.4, -0.2) is 16.7 Å². The first-order valence-corrected chi connectivity index (χ1v) is 9.63. The Morgan fingerprint density at radius 3 is 2.71 bits per heavy atom. The molecular weight excluding hydrogens is 350 g/mol. The van der Waals surface area contributed by atoms with Crippen LogP contribution in [-0.2, 0) is 6.61 Å². The highest BCUT2D eigenvalue weighted by Crippen LogP contribution is 2.28. The van der Waals surface area contributed by atoms with Crippen LogP contribution in [0.3, 0.4) is 0 Å². The Morgan fingerprint density at radius 2 is 1.86 bits per heavy atom. The summed E-state index contributed by atoms with van der Waals surface area (Å²) in [6, 6.07) is 22.7. The van der Waals surface area contributed by atoms with E-state index in [1.54, 1.807) is 0 Å². The SMILES string of the molecule is c1ccc(COc2ccc3cc(-c4noc(C5CCCN5)n4)ccc3c2)cc1. The number of hydrogen-bond donors (Lipinski definition) is 1. The van der Waals surface area contributed by atoms with Crippen LogP contribution in [0.25, 0.3) is 22.2 Å². The molecule has 2 heterocycles. The predicted molar refractivity (Wildman–Crippen MR) is 108 cm³/mol. The van der Waals surface area contributed by atoms with Crippen LogP contribution in [0.4, 0.5) is 0 Å². The van der Waals surface area contributed by atoms with E-state index in [1.807, 2.05) is 30.3 Å². The summed E-state index contributed by atoms with van der Waals surface area (Å²) in [6.45, 7) is 1.57. The van der Waals surface area contributed by atoms with Gasteiger partial charge >= 0.3 is 0 Å². The zero-order valence-electron chi connectivity index (χ0n) is 15.5. The van der Waals surface area contributed by atoms with Gasteiger partial charge in [-0.2, -0.15) is 4.98 Å². The molecule has 5 nitrogen and oxygen atoms in total. The first kappa shape index (κ1) is 17.0. The largest absolute Gasteiger partial charge is 0.489 e. The van der Waals surface area contributed by atoms with Crippen molar-refractivity contribution in [1.82, 2.24) is 15.5 Å². The lowest BCUT2D eigenvalue weighted by atomic mass is 10.1. The maximum absolute atomic E-state index is 5.93. The second-order valence-corrected chi connectivity index (χ2v) is 7.10. The second-order valence-electron chi connectivity index (χ2n) is 7.10. The van der Waals surface area contributed by atoms with E-state index in [1.165, 1.54) is 0 Å². The molecule has 140 valence electrons. The molecule has 0 aliphatic carbocycles. The zero-order valence-corrected chi connectivity index (χ0v) is 15.5. The van der Waals surface area contributed by atoms with Crippen molar-refractivity contribution in [3.05, 3.63) is 78.2 Å². The molecule has 5 rings (SSSR count). The number of rotatable bonds is 5. The van der Waals surface area contributed by atoms with E-state index in [9.17, 15) is 0 Å². The smallest absolute Gasteiger partial charge is 0.244 e. The van der Waals surface area contributed by atoms with Gasteiger partial charge in [0.25, 0.3) is 0 Å². The molecule has 1 unspecified atom stereocenters. The fourth-order valence-corrected chi connectivity index (χ4v) is 3.58. The highest BCUT2D eigenvalue weighted by molar-refractivity contribution is 5.87. The van der Waals surface area contributed by atoms with Crippen LogP contribution in [0, 0.1) is 0 Å². The monoisotopic (exact) mass is 371 g/mol. The Kier molecular flexibility index (Phi) is 4.51. The van der Waals surface area contributed by atoms with Gasteiger partial charge in [-0.3, -0.25) is 0 Å². The minimum atomic E-state index is 0.186. The van der Waals surface area contributed by atoms with Gasteiger partial charge in [0.2, 0.25) is 11.7 Å². The van der Waals surface area contributed by atoms with Gasteiger partial charge in [-0.25, -0.2) is 0 Å². The number of nitrogens with one attached hydrogen (secondary N) is 1. The zero-order chi connectivity index (χ0) is 18.8. The number of hydrogen-bond acceptors (Lipinski definition) is 5. The molecule has 0 amide bonds. The van der Waals surface area contributed by atoms with E-state index in [-0.39, 0.29) is 6.04 Å². The topological polar surface area (TPSA) is 60.2 Å². The number of fused-ring (bicyclic) bond motifs is 1. The van der Waals surface area contributed by atoms with Gasteiger partial charge in [0.1, 0.15) is 12.4 Å². The molecule has 1 aromatic heterocycles. The Bertz CT molecular complexity index is 1090. The molecule has 4 aromatic rings. The van der Waals surface area contributed by atoms with Crippen LogP contribution in [0.2, 0.25) is 0 Å². The van der Waals surface area contributed by atoms with Crippen molar-refractivity contribution in [2.45, 2.75) is 25.5 Å². The van der Waals surface area contributed by atoms with Crippen LogP contribution in [0.1, 0.15) is 30.3 Å². The highest BCUT2D eigenvalue weighted by Gasteiger charge is 2.22. The van der Waals surface area contributed by atoms with E-state index < -0.39 is 0 Å². The lowest BCUT2D eigenvalue weighted by molar-refractivity contribution is 0.306. The molecule has 0 spiro atoms. The van der Waals surface area contributed by atoms with Crippen molar-refractivity contribution in [1.29, 1.82) is 0 Å². The lowest BCUT2D eigenvalue weighted by Crippen LogP contribution is -2.12. The Labute approximate surface area is 163 Å². The Balaban J connectivity index is 1.35. The molecule has 3 aromatic carbocycles. The van der Waals surface area contributed by atoms with Crippen molar-refractivity contribution in [3.8, 4) is 17.1 Å². The highest BCUT2D eigenvalue weighted by atomic mass is 16.5. The van der Waals surface area contributed by atoms with Crippen LogP contribution in [0.5, 0.6) is 5.75 Å².